The maximum absolute atomic E-state index is 15.6. The van der Waals surface area contributed by atoms with E-state index in [2.05, 4.69) is 25.0 Å². The minimum atomic E-state index is -0.484. The number of nitrogens with zero attached hydrogens (tertiary/aromatic N) is 6. The lowest BCUT2D eigenvalue weighted by molar-refractivity contribution is -0.112. The summed E-state index contributed by atoms with van der Waals surface area (Å²) in [5.74, 6) is 0.0682. The fourth-order valence-corrected chi connectivity index (χ4v) is 7.70. The normalized spacial score (nSPS) is 20.1. The molecule has 2 aromatic heterocycles. The number of aliphatic hydroxyl groups excluding tert-OH is 1. The number of fused-ring (bicyclic) bond motifs is 2. The molecule has 2 saturated heterocycles. The first-order chi connectivity index (χ1) is 23.4. The smallest absolute Gasteiger partial charge is 0.274 e. The average Bonchev–Trinajstić information content (AvgIpc) is 3.37. The van der Waals surface area contributed by atoms with Gasteiger partial charge >= 0.3 is 0 Å². The molecule has 0 unspecified atom stereocenters. The largest absolute Gasteiger partial charge is 0.392 e. The van der Waals surface area contributed by atoms with Crippen LogP contribution in [0, 0.1) is 5.82 Å². The topological polar surface area (TPSA) is 106 Å². The van der Waals surface area contributed by atoms with Crippen LogP contribution in [0.25, 0.3) is 11.1 Å². The molecule has 4 aliphatic heterocycles. The number of rotatable bonds is 7. The van der Waals surface area contributed by atoms with Crippen LogP contribution < -0.4 is 20.7 Å². The minimum Gasteiger partial charge on any atom is -0.392 e. The number of piperazine rings is 1. The third-order valence-corrected chi connectivity index (χ3v) is 10.4. The maximum Gasteiger partial charge on any atom is 0.274 e. The van der Waals surface area contributed by atoms with Crippen LogP contribution in [0.5, 0.6) is 0 Å². The quantitative estimate of drug-likeness (QED) is 0.392. The minimum absolute atomic E-state index is 0.0222. The molecule has 2 fully saturated rings. The number of ether oxygens (including phenoxy) is 1. The number of hydrogen-bond donors (Lipinski definition) is 2. The van der Waals surface area contributed by atoms with Crippen LogP contribution in [0.4, 0.5) is 27.3 Å². The second-order valence-electron chi connectivity index (χ2n) is 13.2. The molecule has 11 nitrogen and oxygen atoms in total. The van der Waals surface area contributed by atoms with Gasteiger partial charge in [0, 0.05) is 81.1 Å². The van der Waals surface area contributed by atoms with Gasteiger partial charge in [-0.1, -0.05) is 6.07 Å². The summed E-state index contributed by atoms with van der Waals surface area (Å²) < 4.78 is 22.4. The Morgan fingerprint density at radius 3 is 2.56 bits per heavy atom. The van der Waals surface area contributed by atoms with E-state index in [1.54, 1.807) is 36.5 Å². The van der Waals surface area contributed by atoms with E-state index in [0.29, 0.717) is 53.0 Å². The molecule has 1 aliphatic carbocycles. The second kappa shape index (κ2) is 12.5. The number of aryl methyl sites for hydroxylation is 1. The van der Waals surface area contributed by atoms with Crippen molar-refractivity contribution in [3.63, 3.8) is 0 Å². The summed E-state index contributed by atoms with van der Waals surface area (Å²) in [6.07, 6.45) is 8.99. The zero-order valence-electron chi connectivity index (χ0n) is 27.1. The van der Waals surface area contributed by atoms with E-state index in [1.165, 1.54) is 10.6 Å². The van der Waals surface area contributed by atoms with Gasteiger partial charge in [0.05, 0.1) is 43.4 Å². The highest BCUT2D eigenvalue weighted by Gasteiger charge is 2.39. The highest BCUT2D eigenvalue weighted by atomic mass is 19.1. The van der Waals surface area contributed by atoms with Gasteiger partial charge in [-0.05, 0) is 55.5 Å². The number of hydrogen-bond acceptors (Lipinski definition) is 10. The van der Waals surface area contributed by atoms with Gasteiger partial charge in [-0.25, -0.2) is 9.37 Å². The predicted molar refractivity (Wildman–Crippen MR) is 182 cm³/mol. The van der Waals surface area contributed by atoms with Crippen molar-refractivity contribution in [2.24, 2.45) is 7.05 Å². The molecule has 0 amide bonds. The number of Topliss-reactive ketones (excluding diaryl/α,β-unsaturated/α-hetero) is 1. The van der Waals surface area contributed by atoms with Crippen molar-refractivity contribution in [1.82, 2.24) is 19.4 Å². The van der Waals surface area contributed by atoms with Gasteiger partial charge in [0.1, 0.15) is 23.0 Å². The van der Waals surface area contributed by atoms with Crippen LogP contribution in [0.15, 0.2) is 70.7 Å². The lowest BCUT2D eigenvalue weighted by atomic mass is 9.96. The number of carbonyl (C=O) groups excluding carboxylic acids is 1. The molecule has 0 bridgehead atoms. The summed E-state index contributed by atoms with van der Waals surface area (Å²) in [5.41, 5.74) is 5.53. The van der Waals surface area contributed by atoms with E-state index in [4.69, 9.17) is 4.74 Å². The van der Waals surface area contributed by atoms with E-state index < -0.39 is 12.4 Å². The summed E-state index contributed by atoms with van der Waals surface area (Å²) in [5, 5.41) is 13.8. The molecule has 12 heteroatoms. The number of carbonyl (C=O) groups is 1. The number of benzene rings is 1. The number of ketones is 1. The molecule has 250 valence electrons. The zero-order valence-corrected chi connectivity index (χ0v) is 27.1. The summed E-state index contributed by atoms with van der Waals surface area (Å²) in [4.78, 5) is 39.8. The van der Waals surface area contributed by atoms with E-state index >= 15 is 4.39 Å². The molecule has 2 N–H and O–H groups in total. The molecular formula is C36H40FN7O4. The van der Waals surface area contributed by atoms with Crippen molar-refractivity contribution >= 4 is 28.7 Å². The molecule has 5 aliphatic rings. The molecule has 1 aromatic carbocycles. The second-order valence-corrected chi connectivity index (χ2v) is 13.2. The molecule has 48 heavy (non-hydrogen) atoms. The molecule has 0 atom stereocenters. The van der Waals surface area contributed by atoms with Crippen molar-refractivity contribution in [2.45, 2.75) is 38.3 Å². The number of pyridine rings is 2. The fourth-order valence-electron chi connectivity index (χ4n) is 7.70. The van der Waals surface area contributed by atoms with E-state index in [0.717, 1.165) is 82.0 Å². The Labute approximate surface area is 278 Å². The van der Waals surface area contributed by atoms with Crippen LogP contribution in [-0.4, -0.2) is 88.8 Å². The van der Waals surface area contributed by atoms with Crippen LogP contribution in [0.2, 0.25) is 0 Å². The van der Waals surface area contributed by atoms with Crippen molar-refractivity contribution < 1.29 is 19.0 Å². The summed E-state index contributed by atoms with van der Waals surface area (Å²) >= 11 is 0. The Kier molecular flexibility index (Phi) is 8.02. The molecule has 6 heterocycles. The average molecular weight is 654 g/mol. The van der Waals surface area contributed by atoms with Gasteiger partial charge in [0.15, 0.2) is 0 Å². The number of halogens is 1. The van der Waals surface area contributed by atoms with E-state index in [1.807, 2.05) is 18.3 Å². The number of anilines is 4. The van der Waals surface area contributed by atoms with Gasteiger partial charge in [0.2, 0.25) is 5.78 Å². The third kappa shape index (κ3) is 5.37. The Morgan fingerprint density at radius 1 is 1.02 bits per heavy atom. The van der Waals surface area contributed by atoms with E-state index in [9.17, 15) is 14.7 Å². The Morgan fingerprint density at radius 2 is 1.83 bits per heavy atom. The third-order valence-electron chi connectivity index (χ3n) is 10.4. The molecule has 3 aromatic rings. The number of aromatic nitrogens is 2. The summed E-state index contributed by atoms with van der Waals surface area (Å²) in [6, 6.07) is 9.14. The summed E-state index contributed by atoms with van der Waals surface area (Å²) in [6.45, 7) is 6.07. The summed E-state index contributed by atoms with van der Waals surface area (Å²) in [7, 11) is 1.66. The highest BCUT2D eigenvalue weighted by Crippen LogP contribution is 2.42. The van der Waals surface area contributed by atoms with Crippen LogP contribution in [0.1, 0.15) is 31.2 Å². The molecule has 0 radical (unpaired) electrons. The van der Waals surface area contributed by atoms with Gasteiger partial charge in [0.25, 0.3) is 5.56 Å². The van der Waals surface area contributed by atoms with Crippen molar-refractivity contribution in [3.8, 4) is 11.1 Å². The van der Waals surface area contributed by atoms with Crippen LogP contribution in [-0.2, 0) is 23.2 Å². The van der Waals surface area contributed by atoms with Gasteiger partial charge < -0.3 is 34.4 Å². The lowest BCUT2D eigenvalue weighted by Crippen LogP contribution is -2.56. The van der Waals surface area contributed by atoms with Crippen molar-refractivity contribution in [1.29, 1.82) is 0 Å². The Bertz CT molecular complexity index is 1880. The SMILES string of the molecule is Cn1cc(-c2ccc(F)c(N3C=C4C(=O)C5=C(CCCC5)N4CC3)c2CO)cc(Nc2ccc(N3CCN(C4COC4)CC3)cn2)c1=O. The number of aliphatic hydroxyl groups is 1. The predicted octanol–water partition coefficient (Wildman–Crippen LogP) is 3.72. The number of allylic oxidation sites excluding steroid dienone is 2. The fraction of sp³-hybridized carbons (Fsp3) is 0.417. The standard InChI is InChI=1S/C36H40FN7O4/c1-40-18-23(16-30(36(40)47)39-33-9-6-24(17-38-33)41-10-12-42(13-11-41)25-21-48-22-25)26-7-8-29(37)34(28(26)20-45)43-14-15-44-31-5-3-2-4-27(31)35(46)32(44)19-43/h6-9,16-19,25,45H,2-5,10-15,20-22H2,1H3,(H,38,39). The molecule has 0 saturated carbocycles. The van der Waals surface area contributed by atoms with Gasteiger partial charge in [-0.15, -0.1) is 0 Å². The molecule has 8 rings (SSSR count). The zero-order chi connectivity index (χ0) is 32.9. The monoisotopic (exact) mass is 653 g/mol. The maximum atomic E-state index is 15.6. The first-order valence-corrected chi connectivity index (χ1v) is 16.9. The van der Waals surface area contributed by atoms with E-state index in [-0.39, 0.29) is 17.0 Å². The first-order valence-electron chi connectivity index (χ1n) is 16.9. The van der Waals surface area contributed by atoms with Crippen molar-refractivity contribution in [2.75, 3.05) is 67.6 Å². The molecule has 0 spiro atoms. The number of nitrogens with one attached hydrogen (secondary N) is 1. The lowest BCUT2D eigenvalue weighted by Gasteiger charge is -2.43. The highest BCUT2D eigenvalue weighted by molar-refractivity contribution is 6.11. The van der Waals surface area contributed by atoms with Crippen LogP contribution in [0.3, 0.4) is 0 Å². The van der Waals surface area contributed by atoms with Crippen molar-refractivity contribution in [3.05, 3.63) is 87.6 Å². The Balaban J connectivity index is 1.05. The van der Waals surface area contributed by atoms with Crippen LogP contribution >= 0.6 is 0 Å². The first kappa shape index (κ1) is 30.8. The van der Waals surface area contributed by atoms with Gasteiger partial charge in [-0.2, -0.15) is 0 Å². The molecular weight excluding hydrogens is 613 g/mol. The van der Waals surface area contributed by atoms with Gasteiger partial charge in [-0.3, -0.25) is 14.5 Å². The Hall–Kier alpha value is -4.52.